The van der Waals surface area contributed by atoms with Crippen molar-refractivity contribution in [1.29, 1.82) is 0 Å². The fourth-order valence-electron chi connectivity index (χ4n) is 1.55. The van der Waals surface area contributed by atoms with Crippen LogP contribution in [-0.2, 0) is 6.18 Å². The van der Waals surface area contributed by atoms with Crippen LogP contribution in [0.4, 0.5) is 24.7 Å². The maximum absolute atomic E-state index is 12.6. The summed E-state index contributed by atoms with van der Waals surface area (Å²) in [6.45, 7) is 0. The molecule has 0 spiro atoms. The molecule has 0 saturated carbocycles. The number of benzene rings is 1. The normalized spacial score (nSPS) is 11.3. The van der Waals surface area contributed by atoms with Crippen LogP contribution in [0.15, 0.2) is 48.5 Å². The summed E-state index contributed by atoms with van der Waals surface area (Å²) in [7, 11) is 1.68. The minimum atomic E-state index is -4.42. The number of para-hydroxylation sites is 1. The Balaban J connectivity index is 2.35. The smallest absolute Gasteiger partial charge is 0.329 e. The predicted octanol–water partition coefficient (Wildman–Crippen LogP) is 3.87. The van der Waals surface area contributed by atoms with Gasteiger partial charge in [-0.3, -0.25) is 0 Å². The van der Waals surface area contributed by atoms with Gasteiger partial charge in [-0.25, -0.2) is 4.98 Å². The molecule has 2 nitrogen and oxygen atoms in total. The van der Waals surface area contributed by atoms with Gasteiger partial charge in [0, 0.05) is 12.7 Å². The standard InChI is InChI=1S/C13H11F3N2/c1-18(10-6-3-2-4-7-10)12-9-5-8-11(17-12)13(14,15)16/h2-9H,1H3. The maximum Gasteiger partial charge on any atom is 0.433 e. The molecule has 94 valence electrons. The molecule has 0 fully saturated rings. The summed E-state index contributed by atoms with van der Waals surface area (Å²) in [6.07, 6.45) is -4.42. The minimum absolute atomic E-state index is 0.260. The lowest BCUT2D eigenvalue weighted by molar-refractivity contribution is -0.141. The molecule has 0 aliphatic rings. The van der Waals surface area contributed by atoms with Crippen LogP contribution in [0.25, 0.3) is 0 Å². The second kappa shape index (κ2) is 4.68. The molecular weight excluding hydrogens is 241 g/mol. The van der Waals surface area contributed by atoms with Gasteiger partial charge in [-0.05, 0) is 24.3 Å². The Morgan fingerprint density at radius 1 is 0.944 bits per heavy atom. The first-order chi connectivity index (χ1) is 8.48. The van der Waals surface area contributed by atoms with E-state index >= 15 is 0 Å². The maximum atomic E-state index is 12.6. The lowest BCUT2D eigenvalue weighted by Gasteiger charge is -2.19. The van der Waals surface area contributed by atoms with Crippen LogP contribution in [-0.4, -0.2) is 12.0 Å². The third-order valence-electron chi connectivity index (χ3n) is 2.51. The Morgan fingerprint density at radius 2 is 1.61 bits per heavy atom. The topological polar surface area (TPSA) is 16.1 Å². The number of hydrogen-bond acceptors (Lipinski definition) is 2. The largest absolute Gasteiger partial charge is 0.433 e. The number of nitrogens with zero attached hydrogens (tertiary/aromatic N) is 2. The lowest BCUT2D eigenvalue weighted by atomic mass is 10.3. The molecule has 0 atom stereocenters. The van der Waals surface area contributed by atoms with Crippen LogP contribution >= 0.6 is 0 Å². The van der Waals surface area contributed by atoms with Gasteiger partial charge in [0.15, 0.2) is 0 Å². The second-order valence-electron chi connectivity index (χ2n) is 3.77. The Morgan fingerprint density at radius 3 is 2.22 bits per heavy atom. The Kier molecular flexibility index (Phi) is 3.23. The molecule has 2 aromatic rings. The van der Waals surface area contributed by atoms with Gasteiger partial charge in [-0.2, -0.15) is 13.2 Å². The number of pyridine rings is 1. The number of aromatic nitrogens is 1. The van der Waals surface area contributed by atoms with Crippen molar-refractivity contribution in [1.82, 2.24) is 4.98 Å². The summed E-state index contributed by atoms with van der Waals surface area (Å²) in [5.41, 5.74) is -0.105. The fourth-order valence-corrected chi connectivity index (χ4v) is 1.55. The van der Waals surface area contributed by atoms with E-state index in [1.54, 1.807) is 18.0 Å². The third-order valence-corrected chi connectivity index (χ3v) is 2.51. The van der Waals surface area contributed by atoms with Crippen LogP contribution in [0.1, 0.15) is 5.69 Å². The highest BCUT2D eigenvalue weighted by Crippen LogP contribution is 2.30. The van der Waals surface area contributed by atoms with E-state index in [2.05, 4.69) is 4.98 Å². The van der Waals surface area contributed by atoms with Crippen LogP contribution < -0.4 is 4.90 Å². The Hall–Kier alpha value is -2.04. The lowest BCUT2D eigenvalue weighted by Crippen LogP contribution is -2.14. The van der Waals surface area contributed by atoms with Gasteiger partial charge in [0.05, 0.1) is 0 Å². The molecule has 0 saturated heterocycles. The van der Waals surface area contributed by atoms with Gasteiger partial charge in [-0.15, -0.1) is 0 Å². The van der Waals surface area contributed by atoms with Crippen LogP contribution in [0.2, 0.25) is 0 Å². The van der Waals surface area contributed by atoms with E-state index in [-0.39, 0.29) is 5.82 Å². The Labute approximate surface area is 103 Å². The average molecular weight is 252 g/mol. The molecule has 5 heteroatoms. The quantitative estimate of drug-likeness (QED) is 0.806. The number of alkyl halides is 3. The van der Waals surface area contributed by atoms with Gasteiger partial charge in [0.2, 0.25) is 0 Å². The molecule has 0 N–H and O–H groups in total. The highest BCUT2D eigenvalue weighted by molar-refractivity contribution is 5.58. The van der Waals surface area contributed by atoms with E-state index in [9.17, 15) is 13.2 Å². The summed E-state index contributed by atoms with van der Waals surface area (Å²) in [4.78, 5) is 5.23. The number of anilines is 2. The molecule has 0 aliphatic heterocycles. The van der Waals surface area contributed by atoms with Crippen molar-refractivity contribution in [3.63, 3.8) is 0 Å². The molecule has 2 rings (SSSR count). The summed E-state index contributed by atoms with van der Waals surface area (Å²) in [6, 6.07) is 13.0. The predicted molar refractivity (Wildman–Crippen MR) is 63.7 cm³/mol. The zero-order valence-electron chi connectivity index (χ0n) is 9.65. The average Bonchev–Trinajstić information content (AvgIpc) is 2.38. The van der Waals surface area contributed by atoms with Crippen LogP contribution in [0.5, 0.6) is 0 Å². The van der Waals surface area contributed by atoms with Crippen LogP contribution in [0, 0.1) is 0 Å². The van der Waals surface area contributed by atoms with Gasteiger partial charge >= 0.3 is 6.18 Å². The van der Waals surface area contributed by atoms with Gasteiger partial charge in [0.1, 0.15) is 11.5 Å². The van der Waals surface area contributed by atoms with Crippen molar-refractivity contribution >= 4 is 11.5 Å². The van der Waals surface area contributed by atoms with Crippen LogP contribution in [0.3, 0.4) is 0 Å². The molecule has 1 heterocycles. The zero-order valence-corrected chi connectivity index (χ0v) is 9.65. The Bertz CT molecular complexity index is 523. The van der Waals surface area contributed by atoms with Crippen molar-refractivity contribution in [2.24, 2.45) is 0 Å². The molecule has 0 unspecified atom stereocenters. The van der Waals surface area contributed by atoms with Crippen molar-refractivity contribution in [2.45, 2.75) is 6.18 Å². The van der Waals surface area contributed by atoms with Crippen molar-refractivity contribution in [3.8, 4) is 0 Å². The minimum Gasteiger partial charge on any atom is -0.329 e. The van der Waals surface area contributed by atoms with E-state index in [0.717, 1.165) is 11.8 Å². The summed E-state index contributed by atoms with van der Waals surface area (Å²) >= 11 is 0. The molecule has 0 bridgehead atoms. The van der Waals surface area contributed by atoms with Crippen molar-refractivity contribution in [2.75, 3.05) is 11.9 Å². The molecule has 0 radical (unpaired) electrons. The summed E-state index contributed by atoms with van der Waals surface area (Å²) in [5.74, 6) is 0.260. The molecule has 0 aliphatic carbocycles. The number of rotatable bonds is 2. The van der Waals surface area contributed by atoms with E-state index < -0.39 is 11.9 Å². The van der Waals surface area contributed by atoms with Gasteiger partial charge in [0.25, 0.3) is 0 Å². The fraction of sp³-hybridized carbons (Fsp3) is 0.154. The van der Waals surface area contributed by atoms with Crippen molar-refractivity contribution < 1.29 is 13.2 Å². The molecule has 18 heavy (non-hydrogen) atoms. The molecule has 0 amide bonds. The zero-order chi connectivity index (χ0) is 13.2. The first-order valence-corrected chi connectivity index (χ1v) is 5.31. The van der Waals surface area contributed by atoms with Crippen molar-refractivity contribution in [3.05, 3.63) is 54.2 Å². The molecule has 1 aromatic heterocycles. The first-order valence-electron chi connectivity index (χ1n) is 5.31. The highest BCUT2D eigenvalue weighted by atomic mass is 19.4. The van der Waals surface area contributed by atoms with E-state index in [4.69, 9.17) is 0 Å². The summed E-state index contributed by atoms with van der Waals surface area (Å²) in [5, 5.41) is 0. The summed E-state index contributed by atoms with van der Waals surface area (Å²) < 4.78 is 37.7. The van der Waals surface area contributed by atoms with E-state index in [1.165, 1.54) is 6.07 Å². The highest BCUT2D eigenvalue weighted by Gasteiger charge is 2.32. The monoisotopic (exact) mass is 252 g/mol. The number of hydrogen-bond donors (Lipinski definition) is 0. The second-order valence-corrected chi connectivity index (χ2v) is 3.77. The SMILES string of the molecule is CN(c1ccccc1)c1cccc(C(F)(F)F)n1. The number of halogens is 3. The third kappa shape index (κ3) is 2.61. The molecular formula is C13H11F3N2. The first kappa shape index (κ1) is 12.4. The van der Waals surface area contributed by atoms with Gasteiger partial charge < -0.3 is 4.90 Å². The van der Waals surface area contributed by atoms with Gasteiger partial charge in [-0.1, -0.05) is 24.3 Å². The molecule has 1 aromatic carbocycles. The van der Waals surface area contributed by atoms with E-state index in [0.29, 0.717) is 0 Å². The van der Waals surface area contributed by atoms with E-state index in [1.807, 2.05) is 30.3 Å².